The molecule has 200 valence electrons. The van der Waals surface area contributed by atoms with Gasteiger partial charge in [0.05, 0.1) is 13.1 Å². The number of amides is 1. The Kier molecular flexibility index (Phi) is 9.32. The molecule has 0 atom stereocenters. The van der Waals surface area contributed by atoms with Crippen molar-refractivity contribution in [1.29, 1.82) is 0 Å². The fourth-order valence-electron chi connectivity index (χ4n) is 4.84. The molecular weight excluding hydrogens is 474 g/mol. The predicted octanol–water partition coefficient (Wildman–Crippen LogP) is 5.55. The molecule has 4 aromatic rings. The number of nitrogens with one attached hydrogen (secondary N) is 2. The number of imidazole rings is 2. The standard InChI is InChI=1S/C30H39N7O/c1-5-18-36(19-6-2)20-24-10-12-25(13-11-24)35(4)30(38)26-8-7-9-27(23(26)3)37(21-28-31-14-15-32-28)22-29-33-16-17-34-29/h7-17H,5-6,18-22H2,1-4H3,(H,31,32)(H,33,34). The lowest BCUT2D eigenvalue weighted by atomic mass is 10.0. The Morgan fingerprint density at radius 1 is 0.842 bits per heavy atom. The van der Waals surface area contributed by atoms with Crippen LogP contribution in [0.4, 0.5) is 11.4 Å². The van der Waals surface area contributed by atoms with E-state index in [2.05, 4.69) is 55.7 Å². The third-order valence-electron chi connectivity index (χ3n) is 6.78. The summed E-state index contributed by atoms with van der Waals surface area (Å²) in [5.41, 5.74) is 4.72. The lowest BCUT2D eigenvalue weighted by Gasteiger charge is -2.27. The number of benzene rings is 2. The van der Waals surface area contributed by atoms with Crippen molar-refractivity contribution in [2.75, 3.05) is 29.9 Å². The summed E-state index contributed by atoms with van der Waals surface area (Å²) in [5.74, 6) is 1.66. The molecule has 0 aliphatic carbocycles. The Hall–Kier alpha value is -3.91. The minimum atomic E-state index is -0.0355. The largest absolute Gasteiger partial charge is 0.356 e. The molecule has 0 fully saturated rings. The maximum absolute atomic E-state index is 13.7. The summed E-state index contributed by atoms with van der Waals surface area (Å²) in [6, 6.07) is 14.2. The van der Waals surface area contributed by atoms with Gasteiger partial charge >= 0.3 is 0 Å². The Bertz CT molecular complexity index is 1220. The molecule has 2 aromatic carbocycles. The first kappa shape index (κ1) is 27.1. The highest BCUT2D eigenvalue weighted by Crippen LogP contribution is 2.28. The third kappa shape index (κ3) is 6.69. The van der Waals surface area contributed by atoms with Gasteiger partial charge in [0.2, 0.25) is 0 Å². The average Bonchev–Trinajstić information content (AvgIpc) is 3.63. The van der Waals surface area contributed by atoms with E-state index in [0.717, 1.165) is 61.1 Å². The highest BCUT2D eigenvalue weighted by atomic mass is 16.2. The van der Waals surface area contributed by atoms with E-state index in [0.29, 0.717) is 18.7 Å². The van der Waals surface area contributed by atoms with Gasteiger partial charge in [0.25, 0.3) is 5.91 Å². The number of anilines is 2. The second-order valence-corrected chi connectivity index (χ2v) is 9.68. The molecule has 0 saturated carbocycles. The van der Waals surface area contributed by atoms with Gasteiger partial charge in [-0.1, -0.05) is 32.0 Å². The molecule has 2 aromatic heterocycles. The Labute approximate surface area is 225 Å². The summed E-state index contributed by atoms with van der Waals surface area (Å²) in [5, 5.41) is 0. The zero-order valence-corrected chi connectivity index (χ0v) is 22.9. The van der Waals surface area contributed by atoms with Crippen LogP contribution in [0.3, 0.4) is 0 Å². The van der Waals surface area contributed by atoms with Crippen molar-refractivity contribution in [2.45, 2.75) is 53.2 Å². The number of rotatable bonds is 13. The van der Waals surface area contributed by atoms with Crippen LogP contribution in [-0.2, 0) is 19.6 Å². The zero-order valence-electron chi connectivity index (χ0n) is 22.9. The number of aromatic nitrogens is 4. The van der Waals surface area contributed by atoms with Crippen molar-refractivity contribution in [3.63, 3.8) is 0 Å². The maximum atomic E-state index is 13.7. The number of hydrogen-bond acceptors (Lipinski definition) is 5. The van der Waals surface area contributed by atoms with Crippen molar-refractivity contribution in [3.05, 3.63) is 95.6 Å². The van der Waals surface area contributed by atoms with E-state index in [1.165, 1.54) is 5.56 Å². The number of hydrogen-bond donors (Lipinski definition) is 2. The smallest absolute Gasteiger partial charge is 0.258 e. The van der Waals surface area contributed by atoms with E-state index >= 15 is 0 Å². The van der Waals surface area contributed by atoms with E-state index in [4.69, 9.17) is 0 Å². The number of carbonyl (C=O) groups is 1. The van der Waals surface area contributed by atoms with Crippen LogP contribution in [0, 0.1) is 6.92 Å². The van der Waals surface area contributed by atoms with Crippen LogP contribution in [0.25, 0.3) is 0 Å². The van der Waals surface area contributed by atoms with Crippen LogP contribution in [0.1, 0.15) is 59.8 Å². The van der Waals surface area contributed by atoms with Gasteiger partial charge in [-0.2, -0.15) is 0 Å². The minimum Gasteiger partial charge on any atom is -0.356 e. The van der Waals surface area contributed by atoms with Crippen LogP contribution in [-0.4, -0.2) is 50.9 Å². The molecule has 38 heavy (non-hydrogen) atoms. The summed E-state index contributed by atoms with van der Waals surface area (Å²) in [4.78, 5) is 35.2. The Morgan fingerprint density at radius 3 is 1.97 bits per heavy atom. The first-order valence-electron chi connectivity index (χ1n) is 13.4. The molecule has 2 N–H and O–H groups in total. The van der Waals surface area contributed by atoms with Gasteiger partial charge < -0.3 is 19.8 Å². The molecule has 0 saturated heterocycles. The van der Waals surface area contributed by atoms with E-state index in [1.54, 1.807) is 17.3 Å². The highest BCUT2D eigenvalue weighted by Gasteiger charge is 2.21. The maximum Gasteiger partial charge on any atom is 0.258 e. The molecule has 0 aliphatic rings. The molecule has 0 bridgehead atoms. The third-order valence-corrected chi connectivity index (χ3v) is 6.78. The Balaban J connectivity index is 1.53. The summed E-state index contributed by atoms with van der Waals surface area (Å²) >= 11 is 0. The number of nitrogens with zero attached hydrogens (tertiary/aromatic N) is 5. The fourth-order valence-corrected chi connectivity index (χ4v) is 4.84. The monoisotopic (exact) mass is 513 g/mol. The first-order chi connectivity index (χ1) is 18.5. The van der Waals surface area contributed by atoms with Gasteiger partial charge in [0.15, 0.2) is 0 Å². The summed E-state index contributed by atoms with van der Waals surface area (Å²) in [7, 11) is 1.84. The molecule has 0 spiro atoms. The zero-order chi connectivity index (χ0) is 26.9. The molecule has 8 nitrogen and oxygen atoms in total. The van der Waals surface area contributed by atoms with Gasteiger partial charge in [-0.25, -0.2) is 9.97 Å². The SMILES string of the molecule is CCCN(CCC)Cc1ccc(N(C)C(=O)c2cccc(N(Cc3ncc[nH]3)Cc3ncc[nH]3)c2C)cc1. The summed E-state index contributed by atoms with van der Waals surface area (Å²) < 4.78 is 0. The molecule has 2 heterocycles. The van der Waals surface area contributed by atoms with Gasteiger partial charge in [-0.3, -0.25) is 9.69 Å². The van der Waals surface area contributed by atoms with Gasteiger partial charge in [-0.15, -0.1) is 0 Å². The topological polar surface area (TPSA) is 84.2 Å². The van der Waals surface area contributed by atoms with Crippen molar-refractivity contribution in [1.82, 2.24) is 24.8 Å². The normalized spacial score (nSPS) is 11.2. The molecule has 0 radical (unpaired) electrons. The van der Waals surface area contributed by atoms with Crippen LogP contribution in [0.15, 0.2) is 67.3 Å². The second kappa shape index (κ2) is 13.1. The first-order valence-corrected chi connectivity index (χ1v) is 13.4. The molecular formula is C30H39N7O. The van der Waals surface area contributed by atoms with Gasteiger partial charge in [0.1, 0.15) is 11.6 Å². The van der Waals surface area contributed by atoms with Gasteiger partial charge in [-0.05, 0) is 68.2 Å². The Morgan fingerprint density at radius 2 is 1.45 bits per heavy atom. The van der Waals surface area contributed by atoms with Crippen LogP contribution in [0.2, 0.25) is 0 Å². The lowest BCUT2D eigenvalue weighted by Crippen LogP contribution is -2.29. The van der Waals surface area contributed by atoms with Crippen molar-refractivity contribution < 1.29 is 4.79 Å². The quantitative estimate of drug-likeness (QED) is 0.245. The van der Waals surface area contributed by atoms with Crippen molar-refractivity contribution in [3.8, 4) is 0 Å². The lowest BCUT2D eigenvalue weighted by molar-refractivity contribution is 0.0992. The second-order valence-electron chi connectivity index (χ2n) is 9.68. The van der Waals surface area contributed by atoms with E-state index in [9.17, 15) is 4.79 Å². The molecule has 0 aliphatic heterocycles. The van der Waals surface area contributed by atoms with Crippen LogP contribution in [0.5, 0.6) is 0 Å². The van der Waals surface area contributed by atoms with Crippen molar-refractivity contribution in [2.24, 2.45) is 0 Å². The van der Waals surface area contributed by atoms with Crippen molar-refractivity contribution >= 4 is 17.3 Å². The van der Waals surface area contributed by atoms with E-state index in [-0.39, 0.29) is 5.91 Å². The molecule has 0 unspecified atom stereocenters. The number of aromatic amines is 2. The molecule has 1 amide bonds. The van der Waals surface area contributed by atoms with E-state index < -0.39 is 0 Å². The predicted molar refractivity (Wildman–Crippen MR) is 153 cm³/mol. The minimum absolute atomic E-state index is 0.0355. The van der Waals surface area contributed by atoms with E-state index in [1.807, 2.05) is 56.7 Å². The fraction of sp³-hybridized carbons (Fsp3) is 0.367. The average molecular weight is 514 g/mol. The number of H-pyrrole nitrogens is 2. The highest BCUT2D eigenvalue weighted by molar-refractivity contribution is 6.07. The molecule has 8 heteroatoms. The summed E-state index contributed by atoms with van der Waals surface area (Å²) in [6.45, 7) is 10.7. The van der Waals surface area contributed by atoms with Gasteiger partial charge in [0, 0.05) is 55.3 Å². The van der Waals surface area contributed by atoms with Crippen LogP contribution < -0.4 is 9.80 Å². The molecule has 4 rings (SSSR count). The van der Waals surface area contributed by atoms with Crippen LogP contribution >= 0.6 is 0 Å². The number of carbonyl (C=O) groups excluding carboxylic acids is 1. The summed E-state index contributed by atoms with van der Waals surface area (Å²) in [6.07, 6.45) is 9.43.